The molecule has 3 nitrogen and oxygen atoms in total. The molecule has 0 unspecified atom stereocenters. The van der Waals surface area contributed by atoms with E-state index < -0.39 is 0 Å². The van der Waals surface area contributed by atoms with Crippen molar-refractivity contribution in [3.63, 3.8) is 0 Å². The second-order valence-corrected chi connectivity index (χ2v) is 5.69. The average Bonchev–Trinajstić information content (AvgIpc) is 2.50. The van der Waals surface area contributed by atoms with Crippen molar-refractivity contribution in [2.75, 3.05) is 7.11 Å². The molecule has 0 aliphatic heterocycles. The van der Waals surface area contributed by atoms with Gasteiger partial charge in [0.2, 0.25) is 0 Å². The maximum absolute atomic E-state index is 12.2. The number of fused-ring (bicyclic) bond motifs is 1. The molecule has 0 N–H and O–H groups in total. The SMILES string of the molecule is COc1ccc(Br)cc1Cn1c(=O)ccc2ccccc21. The van der Waals surface area contributed by atoms with Crippen LogP contribution in [-0.2, 0) is 6.54 Å². The van der Waals surface area contributed by atoms with Crippen molar-refractivity contribution in [3.05, 3.63) is 75.0 Å². The molecular formula is C17H14BrNO2. The lowest BCUT2D eigenvalue weighted by atomic mass is 10.1. The highest BCUT2D eigenvalue weighted by molar-refractivity contribution is 9.10. The lowest BCUT2D eigenvalue weighted by molar-refractivity contribution is 0.408. The van der Waals surface area contributed by atoms with Gasteiger partial charge in [0.1, 0.15) is 5.75 Å². The summed E-state index contributed by atoms with van der Waals surface area (Å²) in [5, 5.41) is 1.05. The smallest absolute Gasteiger partial charge is 0.251 e. The van der Waals surface area contributed by atoms with Crippen LogP contribution < -0.4 is 10.3 Å². The molecule has 0 amide bonds. The third kappa shape index (κ3) is 2.72. The molecule has 0 saturated heterocycles. The molecule has 0 atom stereocenters. The molecular weight excluding hydrogens is 330 g/mol. The zero-order valence-corrected chi connectivity index (χ0v) is 13.1. The Hall–Kier alpha value is -2.07. The van der Waals surface area contributed by atoms with Crippen molar-refractivity contribution in [2.45, 2.75) is 6.54 Å². The molecule has 0 radical (unpaired) electrons. The van der Waals surface area contributed by atoms with Crippen LogP contribution in [0.5, 0.6) is 5.75 Å². The topological polar surface area (TPSA) is 31.2 Å². The third-order valence-electron chi connectivity index (χ3n) is 3.47. The second kappa shape index (κ2) is 5.74. The van der Waals surface area contributed by atoms with Gasteiger partial charge in [-0.3, -0.25) is 4.79 Å². The Bertz CT molecular complexity index is 855. The normalized spacial score (nSPS) is 10.8. The van der Waals surface area contributed by atoms with Crippen LogP contribution in [0.25, 0.3) is 10.9 Å². The molecule has 4 heteroatoms. The number of hydrogen-bond acceptors (Lipinski definition) is 2. The first-order valence-electron chi connectivity index (χ1n) is 6.60. The van der Waals surface area contributed by atoms with E-state index in [0.717, 1.165) is 26.7 Å². The van der Waals surface area contributed by atoms with Gasteiger partial charge in [-0.05, 0) is 35.7 Å². The molecule has 1 aromatic heterocycles. The summed E-state index contributed by atoms with van der Waals surface area (Å²) in [6.07, 6.45) is 0. The number of hydrogen-bond donors (Lipinski definition) is 0. The fraction of sp³-hybridized carbons (Fsp3) is 0.118. The lowest BCUT2D eigenvalue weighted by Crippen LogP contribution is -2.20. The van der Waals surface area contributed by atoms with E-state index in [1.165, 1.54) is 0 Å². The highest BCUT2D eigenvalue weighted by Gasteiger charge is 2.08. The van der Waals surface area contributed by atoms with Gasteiger partial charge in [-0.2, -0.15) is 0 Å². The van der Waals surface area contributed by atoms with Gasteiger partial charge in [0.05, 0.1) is 19.2 Å². The predicted octanol–water partition coefficient (Wildman–Crippen LogP) is 3.82. The van der Waals surface area contributed by atoms with Gasteiger partial charge in [0.25, 0.3) is 5.56 Å². The van der Waals surface area contributed by atoms with Crippen molar-refractivity contribution in [1.82, 2.24) is 4.57 Å². The standard InChI is InChI=1S/C17H14BrNO2/c1-21-16-8-7-14(18)10-13(16)11-19-15-5-3-2-4-12(15)6-9-17(19)20/h2-10H,11H2,1H3. The van der Waals surface area contributed by atoms with Gasteiger partial charge in [-0.15, -0.1) is 0 Å². The van der Waals surface area contributed by atoms with Crippen molar-refractivity contribution in [2.24, 2.45) is 0 Å². The summed E-state index contributed by atoms with van der Waals surface area (Å²) in [6, 6.07) is 17.1. The highest BCUT2D eigenvalue weighted by Crippen LogP contribution is 2.24. The second-order valence-electron chi connectivity index (χ2n) is 4.77. The number of para-hydroxylation sites is 1. The molecule has 2 aromatic carbocycles. The molecule has 21 heavy (non-hydrogen) atoms. The Morgan fingerprint density at radius 3 is 2.71 bits per heavy atom. The van der Waals surface area contributed by atoms with Gasteiger partial charge in [-0.1, -0.05) is 34.1 Å². The van der Waals surface area contributed by atoms with Crippen LogP contribution in [0.2, 0.25) is 0 Å². The fourth-order valence-corrected chi connectivity index (χ4v) is 2.86. The zero-order valence-electron chi connectivity index (χ0n) is 11.5. The average molecular weight is 344 g/mol. The van der Waals surface area contributed by atoms with Crippen LogP contribution >= 0.6 is 15.9 Å². The summed E-state index contributed by atoms with van der Waals surface area (Å²) in [6.45, 7) is 0.475. The van der Waals surface area contributed by atoms with E-state index in [2.05, 4.69) is 15.9 Å². The minimum absolute atomic E-state index is 0.0178. The van der Waals surface area contributed by atoms with Crippen LogP contribution in [0.1, 0.15) is 5.56 Å². The molecule has 0 aliphatic rings. The number of aromatic nitrogens is 1. The van der Waals surface area contributed by atoms with E-state index in [9.17, 15) is 4.79 Å². The summed E-state index contributed by atoms with van der Waals surface area (Å²) in [5.41, 5.74) is 1.87. The Labute approximate surface area is 130 Å². The van der Waals surface area contributed by atoms with Crippen molar-refractivity contribution in [1.29, 1.82) is 0 Å². The Morgan fingerprint density at radius 2 is 1.90 bits per heavy atom. The van der Waals surface area contributed by atoms with Crippen LogP contribution in [0.3, 0.4) is 0 Å². The fourth-order valence-electron chi connectivity index (χ4n) is 2.45. The first kappa shape index (κ1) is 13.9. The molecule has 3 rings (SSSR count). The highest BCUT2D eigenvalue weighted by atomic mass is 79.9. The van der Waals surface area contributed by atoms with Gasteiger partial charge in [0, 0.05) is 16.1 Å². The summed E-state index contributed by atoms with van der Waals surface area (Å²) in [7, 11) is 1.64. The lowest BCUT2D eigenvalue weighted by Gasteiger charge is -2.13. The number of rotatable bonds is 3. The largest absolute Gasteiger partial charge is 0.496 e. The number of methoxy groups -OCH3 is 1. The number of benzene rings is 2. The Balaban J connectivity index is 2.16. The van der Waals surface area contributed by atoms with E-state index >= 15 is 0 Å². The predicted molar refractivity (Wildman–Crippen MR) is 88.0 cm³/mol. The number of pyridine rings is 1. The van der Waals surface area contributed by atoms with Crippen LogP contribution in [0, 0.1) is 0 Å². The Morgan fingerprint density at radius 1 is 1.10 bits per heavy atom. The first-order chi connectivity index (χ1) is 10.2. The molecule has 0 spiro atoms. The summed E-state index contributed by atoms with van der Waals surface area (Å²) in [5.74, 6) is 0.776. The van der Waals surface area contributed by atoms with E-state index in [1.54, 1.807) is 17.7 Å². The molecule has 0 bridgehead atoms. The molecule has 3 aromatic rings. The van der Waals surface area contributed by atoms with Crippen LogP contribution in [0.15, 0.2) is 63.9 Å². The van der Waals surface area contributed by atoms with Crippen molar-refractivity contribution >= 4 is 26.8 Å². The minimum atomic E-state index is -0.0178. The van der Waals surface area contributed by atoms with Crippen LogP contribution in [0.4, 0.5) is 0 Å². The van der Waals surface area contributed by atoms with Crippen LogP contribution in [-0.4, -0.2) is 11.7 Å². The number of ether oxygens (including phenoxy) is 1. The van der Waals surface area contributed by atoms with Gasteiger partial charge in [0.15, 0.2) is 0 Å². The third-order valence-corrected chi connectivity index (χ3v) is 3.96. The maximum atomic E-state index is 12.2. The number of nitrogens with zero attached hydrogens (tertiary/aromatic N) is 1. The summed E-state index contributed by atoms with van der Waals surface area (Å²) >= 11 is 3.46. The molecule has 106 valence electrons. The van der Waals surface area contributed by atoms with E-state index in [0.29, 0.717) is 6.54 Å². The number of halogens is 1. The zero-order chi connectivity index (χ0) is 14.8. The van der Waals surface area contributed by atoms with E-state index in [-0.39, 0.29) is 5.56 Å². The summed E-state index contributed by atoms with van der Waals surface area (Å²) in [4.78, 5) is 12.2. The first-order valence-corrected chi connectivity index (χ1v) is 7.39. The van der Waals surface area contributed by atoms with Crippen molar-refractivity contribution < 1.29 is 4.74 Å². The molecule has 0 fully saturated rings. The van der Waals surface area contributed by atoms with E-state index in [4.69, 9.17) is 4.74 Å². The maximum Gasteiger partial charge on any atom is 0.251 e. The molecule has 1 heterocycles. The van der Waals surface area contributed by atoms with Crippen molar-refractivity contribution in [3.8, 4) is 5.75 Å². The quantitative estimate of drug-likeness (QED) is 0.723. The Kier molecular flexibility index (Phi) is 3.80. The molecule has 0 aliphatic carbocycles. The van der Waals surface area contributed by atoms with Gasteiger partial charge in [-0.25, -0.2) is 0 Å². The molecule has 0 saturated carbocycles. The van der Waals surface area contributed by atoms with Gasteiger partial charge >= 0.3 is 0 Å². The minimum Gasteiger partial charge on any atom is -0.496 e. The monoisotopic (exact) mass is 343 g/mol. The van der Waals surface area contributed by atoms with E-state index in [1.807, 2.05) is 48.5 Å². The van der Waals surface area contributed by atoms with Gasteiger partial charge < -0.3 is 9.30 Å². The summed E-state index contributed by atoms with van der Waals surface area (Å²) < 4.78 is 8.12.